The molecule has 5 nitrogen and oxygen atoms in total. The van der Waals surface area contributed by atoms with E-state index in [1.165, 1.54) is 31.5 Å². The Labute approximate surface area is 144 Å². The van der Waals surface area contributed by atoms with Gasteiger partial charge in [-0.15, -0.1) is 0 Å². The number of benzene rings is 1. The van der Waals surface area contributed by atoms with E-state index >= 15 is 0 Å². The standard InChI is InChI=1S/C19H29N3O2/c1-14-3-2-10-22(12-14)13-15-4-6-16(7-5-15)21-19(23)18-9-8-17(11-20)24-18/h4-7,14,17-18H,2-3,8-13,20H2,1H3,(H,21,23)/t14?,17-,18+/m1/s1. The van der Waals surface area contributed by atoms with Crippen LogP contribution in [-0.4, -0.2) is 42.6 Å². The smallest absolute Gasteiger partial charge is 0.253 e. The van der Waals surface area contributed by atoms with Gasteiger partial charge in [-0.1, -0.05) is 19.1 Å². The van der Waals surface area contributed by atoms with Crippen molar-refractivity contribution >= 4 is 11.6 Å². The maximum absolute atomic E-state index is 12.2. The number of nitrogens with zero attached hydrogens (tertiary/aromatic N) is 1. The molecule has 2 aliphatic rings. The van der Waals surface area contributed by atoms with Crippen molar-refractivity contribution in [1.29, 1.82) is 0 Å². The van der Waals surface area contributed by atoms with Gasteiger partial charge in [0.2, 0.25) is 0 Å². The van der Waals surface area contributed by atoms with Gasteiger partial charge in [0.25, 0.3) is 5.91 Å². The van der Waals surface area contributed by atoms with E-state index in [0.29, 0.717) is 6.54 Å². The molecule has 3 atom stereocenters. The molecular weight excluding hydrogens is 302 g/mol. The number of ether oxygens (including phenoxy) is 1. The van der Waals surface area contributed by atoms with Crippen LogP contribution in [0.2, 0.25) is 0 Å². The van der Waals surface area contributed by atoms with Crippen LogP contribution >= 0.6 is 0 Å². The van der Waals surface area contributed by atoms with Gasteiger partial charge in [-0.3, -0.25) is 9.69 Å². The predicted molar refractivity (Wildman–Crippen MR) is 95.7 cm³/mol. The van der Waals surface area contributed by atoms with Crippen molar-refractivity contribution < 1.29 is 9.53 Å². The number of nitrogens with one attached hydrogen (secondary N) is 1. The molecule has 0 bridgehead atoms. The molecule has 1 aromatic carbocycles. The van der Waals surface area contributed by atoms with E-state index in [4.69, 9.17) is 10.5 Å². The summed E-state index contributed by atoms with van der Waals surface area (Å²) in [6.45, 7) is 6.16. The Kier molecular flexibility index (Phi) is 5.87. The lowest BCUT2D eigenvalue weighted by atomic mass is 10.00. The van der Waals surface area contributed by atoms with Crippen molar-refractivity contribution in [2.45, 2.75) is 51.4 Å². The van der Waals surface area contributed by atoms with Gasteiger partial charge in [0, 0.05) is 25.3 Å². The Morgan fingerprint density at radius 2 is 2.08 bits per heavy atom. The first kappa shape index (κ1) is 17.4. The summed E-state index contributed by atoms with van der Waals surface area (Å²) >= 11 is 0. The minimum atomic E-state index is -0.368. The highest BCUT2D eigenvalue weighted by molar-refractivity contribution is 5.94. The number of hydrogen-bond donors (Lipinski definition) is 2. The Hall–Kier alpha value is -1.43. The molecule has 3 rings (SSSR count). The lowest BCUT2D eigenvalue weighted by Gasteiger charge is -2.30. The highest BCUT2D eigenvalue weighted by Crippen LogP contribution is 2.21. The molecule has 3 N–H and O–H groups in total. The summed E-state index contributed by atoms with van der Waals surface area (Å²) in [6, 6.07) is 8.17. The highest BCUT2D eigenvalue weighted by atomic mass is 16.5. The van der Waals surface area contributed by atoms with Crippen molar-refractivity contribution in [3.8, 4) is 0 Å². The topological polar surface area (TPSA) is 67.6 Å². The van der Waals surface area contributed by atoms with Crippen LogP contribution in [0, 0.1) is 5.92 Å². The fourth-order valence-corrected chi connectivity index (χ4v) is 3.68. The number of anilines is 1. The molecule has 2 saturated heterocycles. The number of amides is 1. The summed E-state index contributed by atoms with van der Waals surface area (Å²) in [5, 5.41) is 2.95. The second-order valence-corrected chi connectivity index (χ2v) is 7.23. The lowest BCUT2D eigenvalue weighted by molar-refractivity contribution is -0.126. The van der Waals surface area contributed by atoms with E-state index in [1.807, 2.05) is 12.1 Å². The molecule has 2 fully saturated rings. The van der Waals surface area contributed by atoms with Gasteiger partial charge in [0.15, 0.2) is 0 Å². The van der Waals surface area contributed by atoms with E-state index < -0.39 is 0 Å². The molecule has 0 radical (unpaired) electrons. The Morgan fingerprint density at radius 1 is 1.29 bits per heavy atom. The molecule has 0 spiro atoms. The van der Waals surface area contributed by atoms with Gasteiger partial charge in [-0.05, 0) is 55.8 Å². The molecule has 0 aromatic heterocycles. The average Bonchev–Trinajstić information content (AvgIpc) is 3.06. The molecule has 0 aliphatic carbocycles. The second-order valence-electron chi connectivity index (χ2n) is 7.23. The molecular formula is C19H29N3O2. The van der Waals surface area contributed by atoms with Crippen LogP contribution in [0.1, 0.15) is 38.2 Å². The van der Waals surface area contributed by atoms with E-state index in [2.05, 4.69) is 29.3 Å². The first-order chi connectivity index (χ1) is 11.6. The van der Waals surface area contributed by atoms with Crippen LogP contribution in [0.15, 0.2) is 24.3 Å². The zero-order chi connectivity index (χ0) is 16.9. The summed E-state index contributed by atoms with van der Waals surface area (Å²) in [5.41, 5.74) is 7.71. The molecule has 1 unspecified atom stereocenters. The summed E-state index contributed by atoms with van der Waals surface area (Å²) in [5.74, 6) is 0.727. The van der Waals surface area contributed by atoms with Crippen LogP contribution in [0.4, 0.5) is 5.69 Å². The molecule has 0 saturated carbocycles. The third-order valence-corrected chi connectivity index (χ3v) is 5.03. The first-order valence-corrected chi connectivity index (χ1v) is 9.11. The maximum Gasteiger partial charge on any atom is 0.253 e. The predicted octanol–water partition coefficient (Wildman–Crippen LogP) is 2.36. The first-order valence-electron chi connectivity index (χ1n) is 9.11. The van der Waals surface area contributed by atoms with Gasteiger partial charge in [-0.25, -0.2) is 0 Å². The van der Waals surface area contributed by atoms with Gasteiger partial charge < -0.3 is 15.8 Å². The molecule has 1 aromatic rings. The van der Waals surface area contributed by atoms with Crippen LogP contribution < -0.4 is 11.1 Å². The minimum absolute atomic E-state index is 0.0232. The molecule has 2 heterocycles. The van der Waals surface area contributed by atoms with Gasteiger partial charge in [0.05, 0.1) is 6.10 Å². The van der Waals surface area contributed by atoms with Crippen LogP contribution in [0.25, 0.3) is 0 Å². The average molecular weight is 331 g/mol. The number of piperidine rings is 1. The number of hydrogen-bond acceptors (Lipinski definition) is 4. The van der Waals surface area contributed by atoms with Gasteiger partial charge in [0.1, 0.15) is 6.10 Å². The van der Waals surface area contributed by atoms with Crippen molar-refractivity contribution in [3.63, 3.8) is 0 Å². The van der Waals surface area contributed by atoms with Crippen molar-refractivity contribution in [3.05, 3.63) is 29.8 Å². The fraction of sp³-hybridized carbons (Fsp3) is 0.632. The van der Waals surface area contributed by atoms with Crippen molar-refractivity contribution in [1.82, 2.24) is 4.90 Å². The number of likely N-dealkylation sites (tertiary alicyclic amines) is 1. The normalized spacial score (nSPS) is 28.0. The monoisotopic (exact) mass is 331 g/mol. The molecule has 1 amide bonds. The van der Waals surface area contributed by atoms with Crippen LogP contribution in [0.5, 0.6) is 0 Å². The van der Waals surface area contributed by atoms with Gasteiger partial charge in [-0.2, -0.15) is 0 Å². The third kappa shape index (κ3) is 4.56. The lowest BCUT2D eigenvalue weighted by Crippen LogP contribution is -2.33. The number of carbonyl (C=O) groups is 1. The Bertz CT molecular complexity index is 546. The quantitative estimate of drug-likeness (QED) is 0.869. The maximum atomic E-state index is 12.2. The van der Waals surface area contributed by atoms with Crippen molar-refractivity contribution in [2.24, 2.45) is 11.7 Å². The minimum Gasteiger partial charge on any atom is -0.364 e. The van der Waals surface area contributed by atoms with E-state index in [1.54, 1.807) is 0 Å². The van der Waals surface area contributed by atoms with E-state index in [0.717, 1.165) is 31.0 Å². The third-order valence-electron chi connectivity index (χ3n) is 5.03. The summed E-state index contributed by atoms with van der Waals surface area (Å²) in [7, 11) is 0. The SMILES string of the molecule is CC1CCCN(Cc2ccc(NC(=O)[C@@H]3CC[C@H](CN)O3)cc2)C1. The number of carbonyl (C=O) groups excluding carboxylic acids is 1. The molecule has 132 valence electrons. The second kappa shape index (κ2) is 8.10. The Morgan fingerprint density at radius 3 is 2.75 bits per heavy atom. The van der Waals surface area contributed by atoms with Crippen molar-refractivity contribution in [2.75, 3.05) is 25.0 Å². The molecule has 2 aliphatic heterocycles. The molecule has 24 heavy (non-hydrogen) atoms. The summed E-state index contributed by atoms with van der Waals surface area (Å²) in [4.78, 5) is 14.7. The zero-order valence-corrected chi connectivity index (χ0v) is 14.5. The van der Waals surface area contributed by atoms with E-state index in [9.17, 15) is 4.79 Å². The number of rotatable bonds is 5. The fourth-order valence-electron chi connectivity index (χ4n) is 3.68. The Balaban J connectivity index is 1.50. The van der Waals surface area contributed by atoms with Crippen LogP contribution in [-0.2, 0) is 16.1 Å². The summed E-state index contributed by atoms with van der Waals surface area (Å²) < 4.78 is 5.64. The highest BCUT2D eigenvalue weighted by Gasteiger charge is 2.29. The van der Waals surface area contributed by atoms with E-state index in [-0.39, 0.29) is 18.1 Å². The summed E-state index contributed by atoms with van der Waals surface area (Å²) in [6.07, 6.45) is 3.90. The number of nitrogens with two attached hydrogens (primary N) is 1. The molecule has 5 heteroatoms. The van der Waals surface area contributed by atoms with Crippen LogP contribution in [0.3, 0.4) is 0 Å². The zero-order valence-electron chi connectivity index (χ0n) is 14.5. The van der Waals surface area contributed by atoms with Gasteiger partial charge >= 0.3 is 0 Å². The largest absolute Gasteiger partial charge is 0.364 e.